The number of carbonyl (C=O) groups excluding carboxylic acids is 2. The molecule has 2 aromatic rings. The second kappa shape index (κ2) is 7.48. The van der Waals surface area contributed by atoms with E-state index in [4.69, 9.17) is 11.6 Å². The summed E-state index contributed by atoms with van der Waals surface area (Å²) >= 11 is 6.07. The number of anilines is 2. The topological polar surface area (TPSA) is 55.9 Å². The fourth-order valence-electron chi connectivity index (χ4n) is 3.53. The average Bonchev–Trinajstić information content (AvgIpc) is 3.14. The highest BCUT2D eigenvalue weighted by atomic mass is 35.5. The molecule has 27 heavy (non-hydrogen) atoms. The summed E-state index contributed by atoms with van der Waals surface area (Å²) in [7, 11) is 0. The van der Waals surface area contributed by atoms with Crippen molar-refractivity contribution in [2.24, 2.45) is 0 Å². The van der Waals surface area contributed by atoms with Crippen molar-refractivity contribution >= 4 is 34.9 Å². The molecule has 6 nitrogen and oxygen atoms in total. The number of piperazine rings is 1. The summed E-state index contributed by atoms with van der Waals surface area (Å²) < 4.78 is 0. The van der Waals surface area contributed by atoms with Crippen LogP contribution in [0.2, 0.25) is 5.02 Å². The third-order valence-corrected chi connectivity index (χ3v) is 5.26. The SMILES string of the molecule is O=C(c1ccc(N2CCNC2=O)cc1)N1CCN(c2cccc(Cl)c2)CC1. The first-order valence-electron chi connectivity index (χ1n) is 9.07. The molecular formula is C20H21ClN4O2. The van der Waals surface area contributed by atoms with Crippen LogP contribution >= 0.6 is 11.6 Å². The van der Waals surface area contributed by atoms with Crippen LogP contribution < -0.4 is 15.1 Å². The van der Waals surface area contributed by atoms with E-state index >= 15 is 0 Å². The Kier molecular flexibility index (Phi) is 4.90. The number of carbonyl (C=O) groups is 2. The van der Waals surface area contributed by atoms with Gasteiger partial charge in [-0.15, -0.1) is 0 Å². The molecule has 2 aliphatic rings. The lowest BCUT2D eigenvalue weighted by Gasteiger charge is -2.36. The van der Waals surface area contributed by atoms with E-state index in [9.17, 15) is 9.59 Å². The zero-order valence-electron chi connectivity index (χ0n) is 14.9. The second-order valence-corrected chi connectivity index (χ2v) is 7.13. The van der Waals surface area contributed by atoms with Gasteiger partial charge in [-0.05, 0) is 42.5 Å². The van der Waals surface area contributed by atoms with Gasteiger partial charge < -0.3 is 15.1 Å². The average molecular weight is 385 g/mol. The van der Waals surface area contributed by atoms with E-state index in [2.05, 4.69) is 10.2 Å². The van der Waals surface area contributed by atoms with Crippen molar-refractivity contribution in [1.29, 1.82) is 0 Å². The van der Waals surface area contributed by atoms with Crippen LogP contribution in [0.1, 0.15) is 10.4 Å². The first-order valence-corrected chi connectivity index (χ1v) is 9.45. The molecule has 140 valence electrons. The lowest BCUT2D eigenvalue weighted by molar-refractivity contribution is 0.0747. The number of hydrogen-bond donors (Lipinski definition) is 1. The molecule has 0 atom stereocenters. The molecule has 2 aromatic carbocycles. The standard InChI is InChI=1S/C20H21ClN4O2/c21-16-2-1-3-18(14-16)23-10-12-24(13-11-23)19(26)15-4-6-17(7-5-15)25-9-8-22-20(25)27/h1-7,14H,8-13H2,(H,22,27). The number of rotatable bonds is 3. The van der Waals surface area contributed by atoms with Crippen molar-refractivity contribution in [3.8, 4) is 0 Å². The highest BCUT2D eigenvalue weighted by molar-refractivity contribution is 6.30. The highest BCUT2D eigenvalue weighted by Crippen LogP contribution is 2.22. The van der Waals surface area contributed by atoms with Gasteiger partial charge in [-0.3, -0.25) is 9.69 Å². The van der Waals surface area contributed by atoms with Crippen LogP contribution in [-0.4, -0.2) is 56.1 Å². The smallest absolute Gasteiger partial charge is 0.321 e. The van der Waals surface area contributed by atoms with Crippen LogP contribution in [0.4, 0.5) is 16.2 Å². The Labute approximate surface area is 163 Å². The number of urea groups is 1. The van der Waals surface area contributed by atoms with Crippen molar-refractivity contribution in [3.63, 3.8) is 0 Å². The Morgan fingerprint density at radius 1 is 0.926 bits per heavy atom. The predicted molar refractivity (Wildman–Crippen MR) is 107 cm³/mol. The largest absolute Gasteiger partial charge is 0.368 e. The van der Waals surface area contributed by atoms with E-state index < -0.39 is 0 Å². The molecule has 4 rings (SSSR count). The Morgan fingerprint density at radius 2 is 1.67 bits per heavy atom. The zero-order chi connectivity index (χ0) is 18.8. The summed E-state index contributed by atoms with van der Waals surface area (Å²) in [6.07, 6.45) is 0. The van der Waals surface area contributed by atoms with Crippen molar-refractivity contribution in [3.05, 3.63) is 59.1 Å². The molecule has 7 heteroatoms. The normalized spacial score (nSPS) is 17.2. The van der Waals surface area contributed by atoms with E-state index in [0.29, 0.717) is 31.7 Å². The van der Waals surface area contributed by atoms with Gasteiger partial charge in [0.1, 0.15) is 0 Å². The summed E-state index contributed by atoms with van der Waals surface area (Å²) in [5.74, 6) is 0.0261. The Hall–Kier alpha value is -2.73. The van der Waals surface area contributed by atoms with E-state index in [1.54, 1.807) is 17.0 Å². The minimum absolute atomic E-state index is 0.0261. The maximum absolute atomic E-state index is 12.8. The van der Waals surface area contributed by atoms with Gasteiger partial charge in [-0.25, -0.2) is 4.79 Å². The lowest BCUT2D eigenvalue weighted by Crippen LogP contribution is -2.48. The summed E-state index contributed by atoms with van der Waals surface area (Å²) in [6.45, 7) is 4.19. The number of nitrogens with zero attached hydrogens (tertiary/aromatic N) is 3. The van der Waals surface area contributed by atoms with Gasteiger partial charge in [0, 0.05) is 61.2 Å². The van der Waals surface area contributed by atoms with E-state index in [0.717, 1.165) is 29.5 Å². The van der Waals surface area contributed by atoms with E-state index in [-0.39, 0.29) is 11.9 Å². The van der Waals surface area contributed by atoms with Crippen molar-refractivity contribution in [2.75, 3.05) is 49.1 Å². The third-order valence-electron chi connectivity index (χ3n) is 5.02. The maximum Gasteiger partial charge on any atom is 0.321 e. The van der Waals surface area contributed by atoms with Crippen molar-refractivity contribution in [1.82, 2.24) is 10.2 Å². The quantitative estimate of drug-likeness (QED) is 0.885. The monoisotopic (exact) mass is 384 g/mol. The van der Waals surface area contributed by atoms with Crippen LogP contribution in [0.15, 0.2) is 48.5 Å². The van der Waals surface area contributed by atoms with Gasteiger partial charge in [-0.1, -0.05) is 17.7 Å². The molecule has 2 fully saturated rings. The molecule has 2 saturated heterocycles. The first kappa shape index (κ1) is 17.7. The summed E-state index contributed by atoms with van der Waals surface area (Å²) in [5, 5.41) is 3.50. The van der Waals surface area contributed by atoms with Gasteiger partial charge in [0.25, 0.3) is 5.91 Å². The van der Waals surface area contributed by atoms with Crippen LogP contribution in [-0.2, 0) is 0 Å². The summed E-state index contributed by atoms with van der Waals surface area (Å²) in [4.78, 5) is 30.3. The van der Waals surface area contributed by atoms with Crippen molar-refractivity contribution in [2.45, 2.75) is 0 Å². The van der Waals surface area contributed by atoms with Crippen LogP contribution in [0.25, 0.3) is 0 Å². The highest BCUT2D eigenvalue weighted by Gasteiger charge is 2.24. The van der Waals surface area contributed by atoms with Crippen molar-refractivity contribution < 1.29 is 9.59 Å². The van der Waals surface area contributed by atoms with Crippen LogP contribution in [0, 0.1) is 0 Å². The molecule has 0 unspecified atom stereocenters. The molecular weight excluding hydrogens is 364 g/mol. The number of halogens is 1. The molecule has 0 aromatic heterocycles. The van der Waals surface area contributed by atoms with Gasteiger partial charge in [0.05, 0.1) is 0 Å². The number of nitrogens with one attached hydrogen (secondary N) is 1. The summed E-state index contributed by atoms with van der Waals surface area (Å²) in [5.41, 5.74) is 2.55. The van der Waals surface area contributed by atoms with Gasteiger partial charge >= 0.3 is 6.03 Å². The zero-order valence-corrected chi connectivity index (χ0v) is 15.7. The minimum atomic E-state index is -0.0915. The molecule has 2 aliphatic heterocycles. The van der Waals surface area contributed by atoms with E-state index in [1.807, 2.05) is 41.3 Å². The Bertz CT molecular complexity index is 847. The Morgan fingerprint density at radius 3 is 2.30 bits per heavy atom. The molecule has 3 amide bonds. The maximum atomic E-state index is 12.8. The Balaban J connectivity index is 1.38. The second-order valence-electron chi connectivity index (χ2n) is 6.69. The summed E-state index contributed by atoms with van der Waals surface area (Å²) in [6, 6.07) is 15.0. The predicted octanol–water partition coefficient (Wildman–Crippen LogP) is 2.83. The van der Waals surface area contributed by atoms with Gasteiger partial charge in [-0.2, -0.15) is 0 Å². The minimum Gasteiger partial charge on any atom is -0.368 e. The number of benzene rings is 2. The van der Waals surface area contributed by atoms with Gasteiger partial charge in [0.2, 0.25) is 0 Å². The molecule has 0 radical (unpaired) electrons. The molecule has 2 heterocycles. The molecule has 0 aliphatic carbocycles. The lowest BCUT2D eigenvalue weighted by atomic mass is 10.1. The number of hydrogen-bond acceptors (Lipinski definition) is 3. The number of amides is 3. The van der Waals surface area contributed by atoms with Crippen LogP contribution in [0.5, 0.6) is 0 Å². The van der Waals surface area contributed by atoms with Crippen LogP contribution in [0.3, 0.4) is 0 Å². The fraction of sp³-hybridized carbons (Fsp3) is 0.300. The molecule has 0 saturated carbocycles. The van der Waals surface area contributed by atoms with Gasteiger partial charge in [0.15, 0.2) is 0 Å². The molecule has 0 spiro atoms. The first-order chi connectivity index (χ1) is 13.1. The fourth-order valence-corrected chi connectivity index (χ4v) is 3.71. The molecule has 0 bridgehead atoms. The third kappa shape index (κ3) is 3.71. The van der Waals surface area contributed by atoms with E-state index in [1.165, 1.54) is 0 Å². The molecule has 1 N–H and O–H groups in total.